The van der Waals surface area contributed by atoms with Crippen molar-refractivity contribution < 1.29 is 17.9 Å². The van der Waals surface area contributed by atoms with Gasteiger partial charge in [0.05, 0.1) is 14.9 Å². The Morgan fingerprint density at radius 1 is 1.03 bits per heavy atom. The Morgan fingerprint density at radius 2 is 1.64 bits per heavy atom. The molecule has 0 aromatic heterocycles. The number of hydrogen-bond acceptors (Lipinski definition) is 5. The fourth-order valence-corrected chi connectivity index (χ4v) is 5.74. The molecule has 0 aliphatic carbocycles. The van der Waals surface area contributed by atoms with Gasteiger partial charge in [0, 0.05) is 36.1 Å². The highest BCUT2D eigenvalue weighted by Crippen LogP contribution is 2.40. The van der Waals surface area contributed by atoms with E-state index in [4.69, 9.17) is 27.9 Å². The Morgan fingerprint density at radius 3 is 2.18 bits per heavy atom. The molecule has 2 aliphatic rings. The predicted octanol–water partition coefficient (Wildman–Crippen LogP) is 4.87. The molecule has 4 rings (SSSR count). The highest BCUT2D eigenvalue weighted by atomic mass is 35.5. The van der Waals surface area contributed by atoms with Crippen LogP contribution in [0.15, 0.2) is 47.4 Å². The average Bonchev–Trinajstić information content (AvgIpc) is 3.00. The number of rotatable bonds is 6. The average molecular weight is 511 g/mol. The summed E-state index contributed by atoms with van der Waals surface area (Å²) in [4.78, 5) is 15.7. The first-order valence-electron chi connectivity index (χ1n) is 11.0. The van der Waals surface area contributed by atoms with E-state index in [2.05, 4.69) is 10.2 Å². The number of halogens is 2. The molecule has 0 spiro atoms. The van der Waals surface area contributed by atoms with Crippen molar-refractivity contribution in [3.63, 3.8) is 0 Å². The minimum absolute atomic E-state index is 0.0539. The fraction of sp³-hybridized carbons (Fsp3) is 0.458. The van der Waals surface area contributed by atoms with Gasteiger partial charge in [-0.05, 0) is 75.9 Å². The first-order chi connectivity index (χ1) is 15.4. The highest BCUT2D eigenvalue weighted by molar-refractivity contribution is 7.90. The van der Waals surface area contributed by atoms with E-state index >= 15 is 0 Å². The number of nitrogens with zero attached hydrogens (tertiary/aromatic N) is 1. The van der Waals surface area contributed by atoms with Crippen molar-refractivity contribution in [3.8, 4) is 5.75 Å². The van der Waals surface area contributed by atoms with Crippen molar-refractivity contribution in [3.05, 3.63) is 52.5 Å². The van der Waals surface area contributed by atoms with Crippen LogP contribution in [0.25, 0.3) is 0 Å². The van der Waals surface area contributed by atoms with Crippen molar-refractivity contribution in [2.24, 2.45) is 0 Å². The molecule has 1 amide bonds. The van der Waals surface area contributed by atoms with Gasteiger partial charge < -0.3 is 15.0 Å². The maximum absolute atomic E-state index is 13.0. The number of hydrogen-bond donors (Lipinski definition) is 1. The van der Waals surface area contributed by atoms with E-state index in [1.165, 1.54) is 6.26 Å². The van der Waals surface area contributed by atoms with Crippen molar-refractivity contribution in [1.82, 2.24) is 5.32 Å². The topological polar surface area (TPSA) is 75.7 Å². The Kier molecular flexibility index (Phi) is 6.60. The molecule has 2 fully saturated rings. The lowest BCUT2D eigenvalue weighted by molar-refractivity contribution is -0.135. The van der Waals surface area contributed by atoms with Gasteiger partial charge in [0.1, 0.15) is 5.75 Å². The van der Waals surface area contributed by atoms with Gasteiger partial charge in [-0.3, -0.25) is 4.79 Å². The van der Waals surface area contributed by atoms with Crippen molar-refractivity contribution in [2.45, 2.75) is 68.2 Å². The van der Waals surface area contributed by atoms with Crippen LogP contribution in [-0.2, 0) is 14.6 Å². The summed E-state index contributed by atoms with van der Waals surface area (Å²) >= 11 is 12.0. The summed E-state index contributed by atoms with van der Waals surface area (Å²) < 4.78 is 29.4. The Bertz CT molecular complexity index is 1140. The van der Waals surface area contributed by atoms with Crippen LogP contribution in [0, 0.1) is 0 Å². The number of benzene rings is 2. The summed E-state index contributed by atoms with van der Waals surface area (Å²) in [6, 6.07) is 12.7. The molecule has 2 aromatic carbocycles. The molecule has 178 valence electrons. The normalized spacial score (nSPS) is 22.8. The number of anilines is 1. The van der Waals surface area contributed by atoms with E-state index in [1.54, 1.807) is 44.2 Å². The van der Waals surface area contributed by atoms with E-state index in [0.717, 1.165) is 31.4 Å². The standard InChI is InChI=1S/C24H28Cl2N2O4S/c1-24(2,32-19-8-11-21(25)22(26)14-19)23(29)27-15-12-17-4-5-18(13-15)28(17)16-6-9-20(10-7-16)33(3,30)31/h6-11,14-15,17-18H,4-5,12-13H2,1-3H3,(H,27,29)/t15?,17-,18+. The largest absolute Gasteiger partial charge is 0.478 e. The molecule has 6 nitrogen and oxygen atoms in total. The van der Waals surface area contributed by atoms with Gasteiger partial charge in [-0.25, -0.2) is 8.42 Å². The molecule has 0 saturated carbocycles. The molecule has 9 heteroatoms. The summed E-state index contributed by atoms with van der Waals surface area (Å²) in [6.45, 7) is 3.47. The monoisotopic (exact) mass is 510 g/mol. The van der Waals surface area contributed by atoms with Crippen LogP contribution in [0.1, 0.15) is 39.5 Å². The number of nitrogens with one attached hydrogen (secondary N) is 1. The maximum atomic E-state index is 13.0. The van der Waals surface area contributed by atoms with Crippen LogP contribution in [0.4, 0.5) is 5.69 Å². The maximum Gasteiger partial charge on any atom is 0.263 e. The zero-order valence-electron chi connectivity index (χ0n) is 18.8. The number of piperidine rings is 1. The molecule has 0 radical (unpaired) electrons. The van der Waals surface area contributed by atoms with Crippen LogP contribution in [0.5, 0.6) is 5.75 Å². The predicted molar refractivity (Wildman–Crippen MR) is 131 cm³/mol. The van der Waals surface area contributed by atoms with Crippen LogP contribution >= 0.6 is 23.2 Å². The third-order valence-electron chi connectivity index (χ3n) is 6.44. The van der Waals surface area contributed by atoms with Gasteiger partial charge in [0.2, 0.25) is 0 Å². The van der Waals surface area contributed by atoms with Gasteiger partial charge in [-0.1, -0.05) is 23.2 Å². The zero-order valence-corrected chi connectivity index (χ0v) is 21.2. The number of ether oxygens (including phenoxy) is 1. The number of sulfone groups is 1. The molecule has 1 N–H and O–H groups in total. The molecule has 2 aromatic rings. The van der Waals surface area contributed by atoms with E-state index < -0.39 is 15.4 Å². The lowest BCUT2D eigenvalue weighted by atomic mass is 9.95. The van der Waals surface area contributed by atoms with Crippen molar-refractivity contribution in [2.75, 3.05) is 11.2 Å². The Labute approximate surface area is 205 Å². The molecule has 2 aliphatic heterocycles. The van der Waals surface area contributed by atoms with E-state index in [0.29, 0.717) is 32.8 Å². The Hall–Kier alpha value is -1.96. The molecule has 1 unspecified atom stereocenters. The molecular formula is C24H28Cl2N2O4S. The lowest BCUT2D eigenvalue weighted by Crippen LogP contribution is -2.55. The summed E-state index contributed by atoms with van der Waals surface area (Å²) in [5.41, 5.74) is -0.0441. The second-order valence-electron chi connectivity index (χ2n) is 9.39. The van der Waals surface area contributed by atoms with Crippen LogP contribution in [0.3, 0.4) is 0 Å². The van der Waals surface area contributed by atoms with Crippen LogP contribution in [0.2, 0.25) is 10.0 Å². The SMILES string of the molecule is CC(C)(Oc1ccc(Cl)c(Cl)c1)C(=O)NC1C[C@H]2CC[C@@H](C1)N2c1ccc(S(C)(=O)=O)cc1. The quantitative estimate of drug-likeness (QED) is 0.599. The lowest BCUT2D eigenvalue weighted by Gasteiger charge is -2.41. The second-order valence-corrected chi connectivity index (χ2v) is 12.2. The summed E-state index contributed by atoms with van der Waals surface area (Å²) in [5.74, 6) is 0.306. The van der Waals surface area contributed by atoms with Crippen molar-refractivity contribution >= 4 is 44.6 Å². The van der Waals surface area contributed by atoms with Gasteiger partial charge in [-0.15, -0.1) is 0 Å². The number of carbonyl (C=O) groups is 1. The van der Waals surface area contributed by atoms with E-state index in [9.17, 15) is 13.2 Å². The minimum atomic E-state index is -3.22. The Balaban J connectivity index is 1.40. The van der Waals surface area contributed by atoms with E-state index in [1.807, 2.05) is 12.1 Å². The number of fused-ring (bicyclic) bond motifs is 2. The van der Waals surface area contributed by atoms with Crippen LogP contribution in [-0.4, -0.2) is 44.3 Å². The van der Waals surface area contributed by atoms with Crippen molar-refractivity contribution in [1.29, 1.82) is 0 Å². The molecular weight excluding hydrogens is 483 g/mol. The first kappa shape index (κ1) is 24.2. The van der Waals surface area contributed by atoms with Gasteiger partial charge in [0.15, 0.2) is 15.4 Å². The highest BCUT2D eigenvalue weighted by Gasteiger charge is 2.42. The van der Waals surface area contributed by atoms with Gasteiger partial charge in [0.25, 0.3) is 5.91 Å². The molecule has 2 saturated heterocycles. The minimum Gasteiger partial charge on any atom is -0.478 e. The first-order valence-corrected chi connectivity index (χ1v) is 13.6. The second kappa shape index (κ2) is 9.01. The zero-order chi connectivity index (χ0) is 24.0. The molecule has 2 heterocycles. The molecule has 2 bridgehead atoms. The number of carbonyl (C=O) groups excluding carboxylic acids is 1. The van der Waals surface area contributed by atoms with E-state index in [-0.39, 0.29) is 11.9 Å². The number of amides is 1. The molecule has 33 heavy (non-hydrogen) atoms. The fourth-order valence-electron chi connectivity index (χ4n) is 4.82. The summed E-state index contributed by atoms with van der Waals surface area (Å²) in [5, 5.41) is 3.98. The summed E-state index contributed by atoms with van der Waals surface area (Å²) in [6.07, 6.45) is 4.98. The van der Waals surface area contributed by atoms with Crippen LogP contribution < -0.4 is 15.0 Å². The third-order valence-corrected chi connectivity index (χ3v) is 8.31. The van der Waals surface area contributed by atoms with Gasteiger partial charge >= 0.3 is 0 Å². The molecule has 3 atom stereocenters. The third kappa shape index (κ3) is 5.26. The summed E-state index contributed by atoms with van der Waals surface area (Å²) in [7, 11) is -3.22. The smallest absolute Gasteiger partial charge is 0.263 e. The van der Waals surface area contributed by atoms with Gasteiger partial charge in [-0.2, -0.15) is 0 Å².